The molecule has 0 spiro atoms. The van der Waals surface area contributed by atoms with Crippen LogP contribution in [0.1, 0.15) is 11.1 Å². The third-order valence-corrected chi connectivity index (χ3v) is 3.68. The van der Waals surface area contributed by atoms with E-state index < -0.39 is 11.7 Å². The monoisotopic (exact) mass is 408 g/mol. The highest BCUT2D eigenvalue weighted by atomic mass is 79.9. The van der Waals surface area contributed by atoms with Crippen molar-refractivity contribution in [3.05, 3.63) is 58.1 Å². The van der Waals surface area contributed by atoms with Crippen molar-refractivity contribution in [3.63, 3.8) is 0 Å². The van der Waals surface area contributed by atoms with Crippen LogP contribution in [0.4, 0.5) is 13.2 Å². The van der Waals surface area contributed by atoms with Crippen molar-refractivity contribution in [2.75, 3.05) is 0 Å². The van der Waals surface area contributed by atoms with E-state index in [0.717, 1.165) is 16.1 Å². The van der Waals surface area contributed by atoms with E-state index in [1.165, 1.54) is 18.2 Å². The second kappa shape index (κ2) is 6.18. The zero-order chi connectivity index (χ0) is 14.8. The van der Waals surface area contributed by atoms with Gasteiger partial charge >= 0.3 is 6.18 Å². The van der Waals surface area contributed by atoms with E-state index in [0.29, 0.717) is 11.1 Å². The maximum absolute atomic E-state index is 12.9. The van der Waals surface area contributed by atoms with Crippen LogP contribution in [0.2, 0.25) is 0 Å². The first-order valence-electron chi connectivity index (χ1n) is 5.60. The Morgan fingerprint density at radius 2 is 1.70 bits per heavy atom. The molecule has 0 aromatic heterocycles. The molecule has 2 aromatic carbocycles. The first-order chi connectivity index (χ1) is 9.41. The molecule has 2 aromatic rings. The number of halogens is 5. The van der Waals surface area contributed by atoms with Gasteiger partial charge in [0.05, 0.1) is 5.56 Å². The summed E-state index contributed by atoms with van der Waals surface area (Å²) in [6.07, 6.45) is -4.45. The Morgan fingerprint density at radius 3 is 2.35 bits per heavy atom. The summed E-state index contributed by atoms with van der Waals surface area (Å²) in [7, 11) is 0. The smallest absolute Gasteiger partial charge is 0.419 e. The molecule has 2 rings (SSSR count). The van der Waals surface area contributed by atoms with Crippen molar-refractivity contribution in [1.82, 2.24) is 0 Å². The standard InChI is InChI=1S/C14H9Br2F3O/c15-8-9-5-6-10(16)7-13(9)20-12-4-2-1-3-11(12)14(17,18)19/h1-7H,8H2. The van der Waals surface area contributed by atoms with Gasteiger partial charge in [0.15, 0.2) is 0 Å². The summed E-state index contributed by atoms with van der Waals surface area (Å²) in [6.45, 7) is 0. The Labute approximate surface area is 131 Å². The van der Waals surface area contributed by atoms with E-state index in [4.69, 9.17) is 4.74 Å². The molecular formula is C14H9Br2F3O. The van der Waals surface area contributed by atoms with E-state index in [1.54, 1.807) is 18.2 Å². The molecule has 0 saturated carbocycles. The summed E-state index contributed by atoms with van der Waals surface area (Å²) in [5.41, 5.74) is -0.0225. The van der Waals surface area contributed by atoms with Crippen LogP contribution < -0.4 is 4.74 Å². The number of alkyl halides is 4. The Balaban J connectivity index is 2.43. The maximum atomic E-state index is 12.9. The lowest BCUT2D eigenvalue weighted by molar-refractivity contribution is -0.138. The van der Waals surface area contributed by atoms with E-state index >= 15 is 0 Å². The van der Waals surface area contributed by atoms with Crippen molar-refractivity contribution < 1.29 is 17.9 Å². The zero-order valence-corrected chi connectivity index (χ0v) is 13.2. The maximum Gasteiger partial charge on any atom is 0.419 e. The highest BCUT2D eigenvalue weighted by molar-refractivity contribution is 9.10. The third kappa shape index (κ3) is 3.55. The molecule has 0 radical (unpaired) electrons. The van der Waals surface area contributed by atoms with Crippen LogP contribution in [0.15, 0.2) is 46.9 Å². The number of hydrogen-bond acceptors (Lipinski definition) is 1. The van der Waals surface area contributed by atoms with Gasteiger partial charge in [-0.15, -0.1) is 0 Å². The van der Waals surface area contributed by atoms with Gasteiger partial charge in [-0.25, -0.2) is 0 Å². The van der Waals surface area contributed by atoms with Crippen molar-refractivity contribution in [1.29, 1.82) is 0 Å². The molecular weight excluding hydrogens is 401 g/mol. The Morgan fingerprint density at radius 1 is 1.00 bits per heavy atom. The summed E-state index contributed by atoms with van der Waals surface area (Å²) in [4.78, 5) is 0. The quantitative estimate of drug-likeness (QED) is 0.552. The van der Waals surface area contributed by atoms with Gasteiger partial charge in [-0.2, -0.15) is 13.2 Å². The lowest BCUT2D eigenvalue weighted by Crippen LogP contribution is -2.07. The van der Waals surface area contributed by atoms with Gasteiger partial charge in [0, 0.05) is 15.4 Å². The van der Waals surface area contributed by atoms with Gasteiger partial charge < -0.3 is 4.74 Å². The number of rotatable bonds is 3. The molecule has 1 nitrogen and oxygen atoms in total. The van der Waals surface area contributed by atoms with Crippen molar-refractivity contribution in [3.8, 4) is 11.5 Å². The van der Waals surface area contributed by atoms with Crippen molar-refractivity contribution in [2.24, 2.45) is 0 Å². The second-order valence-corrected chi connectivity index (χ2v) is 5.46. The van der Waals surface area contributed by atoms with Crippen LogP contribution in [0.5, 0.6) is 11.5 Å². The summed E-state index contributed by atoms with van der Waals surface area (Å²) in [5, 5.41) is 0.490. The number of ether oxygens (including phenoxy) is 1. The molecule has 0 fully saturated rings. The Kier molecular flexibility index (Phi) is 4.75. The SMILES string of the molecule is FC(F)(F)c1ccccc1Oc1cc(Br)ccc1CBr. The molecule has 0 amide bonds. The van der Waals surface area contributed by atoms with Crippen molar-refractivity contribution >= 4 is 31.9 Å². The van der Waals surface area contributed by atoms with E-state index in [-0.39, 0.29) is 5.75 Å². The molecule has 106 valence electrons. The molecule has 0 bridgehead atoms. The fourth-order valence-corrected chi connectivity index (χ4v) is 2.45. The normalized spacial score (nSPS) is 11.4. The average Bonchev–Trinajstić information content (AvgIpc) is 2.38. The lowest BCUT2D eigenvalue weighted by atomic mass is 10.2. The zero-order valence-electron chi connectivity index (χ0n) is 10.0. The lowest BCUT2D eigenvalue weighted by Gasteiger charge is -2.15. The van der Waals surface area contributed by atoms with Gasteiger partial charge in [0.1, 0.15) is 11.5 Å². The molecule has 0 unspecified atom stereocenters. The topological polar surface area (TPSA) is 9.23 Å². The Hall–Kier alpha value is -1.01. The minimum atomic E-state index is -4.45. The summed E-state index contributed by atoms with van der Waals surface area (Å²) < 4.78 is 44.9. The molecule has 20 heavy (non-hydrogen) atoms. The minimum absolute atomic E-state index is 0.208. The van der Waals surface area contributed by atoms with E-state index in [1.807, 2.05) is 0 Å². The van der Waals surface area contributed by atoms with Crippen molar-refractivity contribution in [2.45, 2.75) is 11.5 Å². The fraction of sp³-hybridized carbons (Fsp3) is 0.143. The highest BCUT2D eigenvalue weighted by Gasteiger charge is 2.34. The van der Waals surface area contributed by atoms with E-state index in [2.05, 4.69) is 31.9 Å². The fourth-order valence-electron chi connectivity index (χ4n) is 1.64. The predicted octanol–water partition coefficient (Wildman–Crippen LogP) is 6.16. The van der Waals surface area contributed by atoms with E-state index in [9.17, 15) is 13.2 Å². The van der Waals surface area contributed by atoms with Gasteiger partial charge in [-0.3, -0.25) is 0 Å². The van der Waals surface area contributed by atoms with Gasteiger partial charge in [0.2, 0.25) is 0 Å². The van der Waals surface area contributed by atoms with Crippen LogP contribution >= 0.6 is 31.9 Å². The largest absolute Gasteiger partial charge is 0.456 e. The van der Waals surface area contributed by atoms with Crippen LogP contribution in [-0.2, 0) is 11.5 Å². The molecule has 0 N–H and O–H groups in total. The molecule has 0 aliphatic carbocycles. The van der Waals surface area contributed by atoms with Gasteiger partial charge in [-0.1, -0.05) is 50.1 Å². The van der Waals surface area contributed by atoms with Crippen LogP contribution in [-0.4, -0.2) is 0 Å². The molecule has 0 atom stereocenters. The number of benzene rings is 2. The molecule has 0 heterocycles. The van der Waals surface area contributed by atoms with Crippen LogP contribution in [0.25, 0.3) is 0 Å². The summed E-state index contributed by atoms with van der Waals surface area (Å²) >= 11 is 6.57. The van der Waals surface area contributed by atoms with Crippen LogP contribution in [0.3, 0.4) is 0 Å². The summed E-state index contributed by atoms with van der Waals surface area (Å²) in [6, 6.07) is 10.4. The molecule has 0 saturated heterocycles. The molecule has 0 aliphatic rings. The molecule has 6 heteroatoms. The first kappa shape index (κ1) is 15.4. The third-order valence-electron chi connectivity index (χ3n) is 2.59. The second-order valence-electron chi connectivity index (χ2n) is 3.98. The minimum Gasteiger partial charge on any atom is -0.456 e. The average molecular weight is 410 g/mol. The van der Waals surface area contributed by atoms with Gasteiger partial charge in [-0.05, 0) is 24.3 Å². The number of para-hydroxylation sites is 1. The van der Waals surface area contributed by atoms with Crippen LogP contribution in [0, 0.1) is 0 Å². The molecule has 0 aliphatic heterocycles. The number of hydrogen-bond donors (Lipinski definition) is 0. The Bertz CT molecular complexity index is 612. The first-order valence-corrected chi connectivity index (χ1v) is 7.51. The highest BCUT2D eigenvalue weighted by Crippen LogP contribution is 2.39. The predicted molar refractivity (Wildman–Crippen MR) is 78.3 cm³/mol. The van der Waals surface area contributed by atoms with Gasteiger partial charge in [0.25, 0.3) is 0 Å². The summed E-state index contributed by atoms with van der Waals surface area (Å²) in [5.74, 6) is 0.174.